The summed E-state index contributed by atoms with van der Waals surface area (Å²) in [6.07, 6.45) is 0. The Bertz CT molecular complexity index is 293. The van der Waals surface area contributed by atoms with Gasteiger partial charge in [-0.15, -0.1) is 4.70 Å². The SMILES string of the molecule is C=C1N=[N+](C)C(SCC)=NC1=O. The lowest BCUT2D eigenvalue weighted by molar-refractivity contribution is -0.442. The first kappa shape index (κ1) is 9.12. The first-order valence-corrected chi connectivity index (χ1v) is 4.53. The summed E-state index contributed by atoms with van der Waals surface area (Å²) in [6, 6.07) is 0. The molecule has 1 heterocycles. The second-order valence-corrected chi connectivity index (χ2v) is 3.43. The Kier molecular flexibility index (Phi) is 2.75. The van der Waals surface area contributed by atoms with Crippen LogP contribution in [0.2, 0.25) is 0 Å². The van der Waals surface area contributed by atoms with Gasteiger partial charge >= 0.3 is 11.1 Å². The molecule has 0 fully saturated rings. The molecule has 0 spiro atoms. The minimum atomic E-state index is -0.343. The number of hydrogen-bond acceptors (Lipinski definition) is 3. The molecular formula is C7H10N3OS+. The minimum absolute atomic E-state index is 0.193. The van der Waals surface area contributed by atoms with Crippen LogP contribution in [0.3, 0.4) is 0 Å². The second kappa shape index (κ2) is 3.62. The fraction of sp³-hybridized carbons (Fsp3) is 0.429. The van der Waals surface area contributed by atoms with Crippen LogP contribution in [0.5, 0.6) is 0 Å². The van der Waals surface area contributed by atoms with E-state index >= 15 is 0 Å². The molecule has 0 N–H and O–H groups in total. The van der Waals surface area contributed by atoms with Gasteiger partial charge in [-0.2, -0.15) is 0 Å². The van der Waals surface area contributed by atoms with Crippen LogP contribution in [-0.2, 0) is 4.79 Å². The predicted octanol–water partition coefficient (Wildman–Crippen LogP) is 1.24. The molecule has 0 aromatic heterocycles. The van der Waals surface area contributed by atoms with Crippen molar-refractivity contribution in [2.75, 3.05) is 12.8 Å². The second-order valence-electron chi connectivity index (χ2n) is 2.20. The molecule has 1 amide bonds. The molecule has 12 heavy (non-hydrogen) atoms. The lowest BCUT2D eigenvalue weighted by Crippen LogP contribution is -2.19. The Morgan fingerprint density at radius 3 is 2.92 bits per heavy atom. The quantitative estimate of drug-likeness (QED) is 0.454. The van der Waals surface area contributed by atoms with E-state index in [4.69, 9.17) is 0 Å². The van der Waals surface area contributed by atoms with Crippen molar-refractivity contribution in [1.29, 1.82) is 0 Å². The summed E-state index contributed by atoms with van der Waals surface area (Å²) in [5.74, 6) is 0.530. The van der Waals surface area contributed by atoms with E-state index < -0.39 is 0 Å². The van der Waals surface area contributed by atoms with Crippen LogP contribution >= 0.6 is 11.8 Å². The van der Waals surface area contributed by atoms with Gasteiger partial charge in [-0.25, -0.2) is 4.79 Å². The van der Waals surface area contributed by atoms with E-state index in [2.05, 4.69) is 16.7 Å². The summed E-state index contributed by atoms with van der Waals surface area (Å²) in [5, 5.41) is 4.54. The average molecular weight is 184 g/mol. The molecule has 0 radical (unpaired) electrons. The third kappa shape index (κ3) is 1.79. The van der Waals surface area contributed by atoms with Crippen molar-refractivity contribution in [3.63, 3.8) is 0 Å². The van der Waals surface area contributed by atoms with Crippen molar-refractivity contribution in [2.45, 2.75) is 6.92 Å². The molecule has 0 bridgehead atoms. The van der Waals surface area contributed by atoms with Crippen LogP contribution in [0.4, 0.5) is 0 Å². The molecule has 0 aliphatic carbocycles. The third-order valence-corrected chi connectivity index (χ3v) is 2.17. The molecule has 5 heteroatoms. The number of carbonyl (C=O) groups excluding carboxylic acids is 1. The lowest BCUT2D eigenvalue weighted by Gasteiger charge is -2.00. The number of amides is 1. The minimum Gasteiger partial charge on any atom is -0.234 e. The first-order chi connectivity index (χ1) is 5.65. The summed E-state index contributed by atoms with van der Waals surface area (Å²) in [6.45, 7) is 5.46. The molecule has 1 aliphatic heterocycles. The predicted molar refractivity (Wildman–Crippen MR) is 48.3 cm³/mol. The molecule has 1 rings (SSSR count). The summed E-state index contributed by atoms with van der Waals surface area (Å²) in [5.41, 5.74) is 0.193. The summed E-state index contributed by atoms with van der Waals surface area (Å²) < 4.78 is 1.57. The van der Waals surface area contributed by atoms with Gasteiger partial charge in [-0.05, 0) is 11.8 Å². The standard InChI is InChI=1S/C7H10N3OS/c1-4-12-7-8-6(11)5(2)9-10(7)3/h2,4H2,1,3H3/q+1. The van der Waals surface area contributed by atoms with Crippen LogP contribution < -0.4 is 0 Å². The molecule has 0 saturated heterocycles. The van der Waals surface area contributed by atoms with Gasteiger partial charge in [0.2, 0.25) is 0 Å². The van der Waals surface area contributed by atoms with Crippen molar-refractivity contribution in [3.8, 4) is 0 Å². The van der Waals surface area contributed by atoms with E-state index in [9.17, 15) is 4.79 Å². The van der Waals surface area contributed by atoms with Crippen LogP contribution in [-0.4, -0.2) is 28.6 Å². The Morgan fingerprint density at radius 1 is 1.67 bits per heavy atom. The highest BCUT2D eigenvalue weighted by molar-refractivity contribution is 8.13. The highest BCUT2D eigenvalue weighted by atomic mass is 32.2. The topological polar surface area (TPSA) is 44.8 Å². The van der Waals surface area contributed by atoms with Crippen molar-refractivity contribution >= 4 is 22.8 Å². The fourth-order valence-electron chi connectivity index (χ4n) is 0.745. The van der Waals surface area contributed by atoms with Gasteiger partial charge in [-0.1, -0.05) is 18.6 Å². The number of thioether (sulfide) groups is 1. The Morgan fingerprint density at radius 2 is 2.33 bits per heavy atom. The number of azo groups is 2. The smallest absolute Gasteiger partial charge is 0.234 e. The molecular weight excluding hydrogens is 174 g/mol. The van der Waals surface area contributed by atoms with Crippen molar-refractivity contribution in [1.82, 2.24) is 0 Å². The zero-order chi connectivity index (χ0) is 9.14. The number of aliphatic imine (C=N–C) groups is 1. The molecule has 64 valence electrons. The number of nitrogens with zero attached hydrogens (tertiary/aromatic N) is 3. The molecule has 0 saturated carbocycles. The lowest BCUT2D eigenvalue weighted by atomic mass is 10.5. The van der Waals surface area contributed by atoms with Gasteiger partial charge in [0, 0.05) is 10.7 Å². The maximum absolute atomic E-state index is 11.0. The molecule has 0 aromatic rings. The maximum Gasteiger partial charge on any atom is 0.405 e. The van der Waals surface area contributed by atoms with Crippen molar-refractivity contribution in [2.24, 2.45) is 10.1 Å². The normalized spacial score (nSPS) is 17.5. The van der Waals surface area contributed by atoms with Gasteiger partial charge in [0.15, 0.2) is 5.70 Å². The molecule has 0 aromatic carbocycles. The van der Waals surface area contributed by atoms with E-state index in [1.54, 1.807) is 11.7 Å². The number of rotatable bonds is 1. The molecule has 0 unspecified atom stereocenters. The maximum atomic E-state index is 11.0. The molecule has 1 aliphatic rings. The van der Waals surface area contributed by atoms with Gasteiger partial charge < -0.3 is 0 Å². The highest BCUT2D eigenvalue weighted by Crippen LogP contribution is 2.12. The van der Waals surface area contributed by atoms with E-state index in [0.717, 1.165) is 5.75 Å². The molecule has 0 atom stereocenters. The average Bonchev–Trinajstić information content (AvgIpc) is 2.01. The van der Waals surface area contributed by atoms with Gasteiger partial charge in [0.05, 0.1) is 0 Å². The zero-order valence-electron chi connectivity index (χ0n) is 7.07. The summed E-state index contributed by atoms with van der Waals surface area (Å²) in [7, 11) is 1.75. The fourth-order valence-corrected chi connectivity index (χ4v) is 1.38. The first-order valence-electron chi connectivity index (χ1n) is 3.55. The number of hydrogen-bond donors (Lipinski definition) is 0. The van der Waals surface area contributed by atoms with Crippen LogP contribution in [0.25, 0.3) is 0 Å². The zero-order valence-corrected chi connectivity index (χ0v) is 7.89. The van der Waals surface area contributed by atoms with Gasteiger partial charge in [-0.3, -0.25) is 0 Å². The summed E-state index contributed by atoms with van der Waals surface area (Å²) in [4.78, 5) is 14.8. The molecule has 4 nitrogen and oxygen atoms in total. The number of amidine groups is 1. The van der Waals surface area contributed by atoms with Crippen molar-refractivity contribution in [3.05, 3.63) is 12.3 Å². The van der Waals surface area contributed by atoms with E-state index in [0.29, 0.717) is 5.17 Å². The Hall–Kier alpha value is -0.970. The third-order valence-electron chi connectivity index (χ3n) is 1.27. The Balaban J connectivity index is 2.88. The van der Waals surface area contributed by atoms with E-state index in [1.807, 2.05) is 6.92 Å². The van der Waals surface area contributed by atoms with Gasteiger partial charge in [0.1, 0.15) is 7.05 Å². The summed E-state index contributed by atoms with van der Waals surface area (Å²) >= 11 is 1.49. The monoisotopic (exact) mass is 184 g/mol. The van der Waals surface area contributed by atoms with Gasteiger partial charge in [0.25, 0.3) is 0 Å². The highest BCUT2D eigenvalue weighted by Gasteiger charge is 2.25. The number of carbonyl (C=O) groups is 1. The van der Waals surface area contributed by atoms with Crippen molar-refractivity contribution < 1.29 is 9.49 Å². The van der Waals surface area contributed by atoms with Crippen LogP contribution in [0.15, 0.2) is 22.4 Å². The van der Waals surface area contributed by atoms with Crippen LogP contribution in [0.1, 0.15) is 6.92 Å². The Labute approximate surface area is 75.1 Å². The van der Waals surface area contributed by atoms with Crippen LogP contribution in [0, 0.1) is 0 Å². The van der Waals surface area contributed by atoms with E-state index in [1.165, 1.54) is 11.8 Å². The largest absolute Gasteiger partial charge is 0.405 e. The van der Waals surface area contributed by atoms with E-state index in [-0.39, 0.29) is 11.6 Å².